The lowest BCUT2D eigenvalue weighted by molar-refractivity contribution is 0.0953. The molecule has 7 heteroatoms. The van der Waals surface area contributed by atoms with Gasteiger partial charge in [-0.25, -0.2) is 8.78 Å². The van der Waals surface area contributed by atoms with Crippen LogP contribution in [0.25, 0.3) is 0 Å². The third-order valence-corrected chi connectivity index (χ3v) is 3.12. The number of nitrogens with two attached hydrogens (primary N) is 1. The fourth-order valence-corrected chi connectivity index (χ4v) is 1.82. The van der Waals surface area contributed by atoms with E-state index in [-0.39, 0.29) is 5.56 Å². The molecule has 24 heavy (non-hydrogen) atoms. The largest absolute Gasteiger partial charge is 0.397 e. The zero-order valence-corrected chi connectivity index (χ0v) is 13.7. The number of halogens is 2. The lowest BCUT2D eigenvalue weighted by atomic mass is 10.1. The minimum atomic E-state index is -1.06. The number of rotatable bonds is 8. The van der Waals surface area contributed by atoms with Crippen LogP contribution in [0.4, 0.5) is 8.78 Å². The van der Waals surface area contributed by atoms with Gasteiger partial charge in [-0.1, -0.05) is 12.2 Å². The predicted molar refractivity (Wildman–Crippen MR) is 88.6 cm³/mol. The fraction of sp³-hybridized carbons (Fsp3) is 0.235. The van der Waals surface area contributed by atoms with E-state index in [9.17, 15) is 13.6 Å². The van der Waals surface area contributed by atoms with Crippen molar-refractivity contribution in [2.24, 2.45) is 5.73 Å². The number of benzene rings is 1. The first-order valence-electron chi connectivity index (χ1n) is 7.20. The Morgan fingerprint density at radius 3 is 2.67 bits per heavy atom. The third-order valence-electron chi connectivity index (χ3n) is 3.12. The van der Waals surface area contributed by atoms with Crippen LogP contribution in [-0.4, -0.2) is 19.6 Å². The van der Waals surface area contributed by atoms with E-state index in [2.05, 4.69) is 17.4 Å². The topological polar surface area (TPSA) is 76.4 Å². The molecule has 0 saturated heterocycles. The quantitative estimate of drug-likeness (QED) is 0.503. The average molecular weight is 337 g/mol. The van der Waals surface area contributed by atoms with Gasteiger partial charge in [0.25, 0.3) is 5.91 Å². The van der Waals surface area contributed by atoms with Gasteiger partial charge in [0.2, 0.25) is 0 Å². The second-order valence-electron chi connectivity index (χ2n) is 5.00. The number of nitrogens with one attached hydrogen (secondary N) is 2. The van der Waals surface area contributed by atoms with Gasteiger partial charge in [-0.2, -0.15) is 0 Å². The second-order valence-corrected chi connectivity index (χ2v) is 5.00. The standard InChI is InChI=1S/C17H21F2N3O2/c1-4-15(20)16(22-24-3)9-11(2)7-8-21-17(23)12-5-6-13(18)14(19)10-12/h4-6,9-10,22H,1,7-8,20H2,2-3H3,(H,21,23)/b11-9+,16-15-. The van der Waals surface area contributed by atoms with Gasteiger partial charge in [0.15, 0.2) is 11.6 Å². The van der Waals surface area contributed by atoms with Crippen molar-refractivity contribution in [3.05, 3.63) is 71.1 Å². The summed E-state index contributed by atoms with van der Waals surface area (Å²) in [5.41, 5.74) is 10.4. The minimum absolute atomic E-state index is 0.0630. The summed E-state index contributed by atoms with van der Waals surface area (Å²) in [6.45, 7) is 5.77. The Morgan fingerprint density at radius 2 is 2.08 bits per heavy atom. The molecule has 5 nitrogen and oxygen atoms in total. The Morgan fingerprint density at radius 1 is 1.38 bits per heavy atom. The first kappa shape index (κ1) is 19.4. The minimum Gasteiger partial charge on any atom is -0.397 e. The zero-order valence-electron chi connectivity index (χ0n) is 13.7. The summed E-state index contributed by atoms with van der Waals surface area (Å²) in [5.74, 6) is -2.52. The van der Waals surface area contributed by atoms with Crippen molar-refractivity contribution in [1.29, 1.82) is 0 Å². The third kappa shape index (κ3) is 5.85. The molecule has 0 fully saturated rings. The molecule has 0 spiro atoms. The summed E-state index contributed by atoms with van der Waals surface area (Å²) < 4.78 is 26.0. The lowest BCUT2D eigenvalue weighted by Gasteiger charge is -2.09. The van der Waals surface area contributed by atoms with Crippen molar-refractivity contribution in [2.75, 3.05) is 13.7 Å². The number of carbonyl (C=O) groups excluding carboxylic acids is 1. The van der Waals surface area contributed by atoms with Crippen LogP contribution in [-0.2, 0) is 4.84 Å². The van der Waals surface area contributed by atoms with Crippen molar-refractivity contribution in [2.45, 2.75) is 13.3 Å². The molecule has 0 saturated carbocycles. The van der Waals surface area contributed by atoms with E-state index in [1.807, 2.05) is 6.92 Å². The Labute approximate surface area is 139 Å². The molecule has 0 aliphatic rings. The van der Waals surface area contributed by atoms with Crippen molar-refractivity contribution in [1.82, 2.24) is 10.8 Å². The van der Waals surface area contributed by atoms with E-state index in [0.29, 0.717) is 24.4 Å². The van der Waals surface area contributed by atoms with Gasteiger partial charge in [0.1, 0.15) is 0 Å². The molecule has 1 rings (SSSR count). The second kappa shape index (κ2) is 9.46. The molecule has 0 aromatic heterocycles. The van der Waals surface area contributed by atoms with E-state index in [1.54, 1.807) is 6.08 Å². The van der Waals surface area contributed by atoms with Crippen molar-refractivity contribution < 1.29 is 18.4 Å². The van der Waals surface area contributed by atoms with Crippen LogP contribution >= 0.6 is 0 Å². The fourth-order valence-electron chi connectivity index (χ4n) is 1.82. The molecular weight excluding hydrogens is 316 g/mol. The molecule has 0 heterocycles. The molecule has 0 radical (unpaired) electrons. The number of hydrogen-bond donors (Lipinski definition) is 3. The summed E-state index contributed by atoms with van der Waals surface area (Å²) >= 11 is 0. The first-order chi connectivity index (χ1) is 11.4. The van der Waals surface area contributed by atoms with Gasteiger partial charge >= 0.3 is 0 Å². The first-order valence-corrected chi connectivity index (χ1v) is 7.20. The molecule has 1 amide bonds. The van der Waals surface area contributed by atoms with Crippen LogP contribution < -0.4 is 16.5 Å². The van der Waals surface area contributed by atoms with Gasteiger partial charge in [-0.3, -0.25) is 15.1 Å². The number of hydroxylamine groups is 1. The molecule has 0 aliphatic carbocycles. The smallest absolute Gasteiger partial charge is 0.251 e. The van der Waals surface area contributed by atoms with E-state index in [0.717, 1.165) is 17.7 Å². The van der Waals surface area contributed by atoms with Gasteiger partial charge in [0.05, 0.1) is 18.5 Å². The summed E-state index contributed by atoms with van der Waals surface area (Å²) in [7, 11) is 1.46. The SMILES string of the molecule is C=C/C(N)=C(\C=C(/C)CCNC(=O)c1ccc(F)c(F)c1)NOC. The van der Waals surface area contributed by atoms with Gasteiger partial charge in [0, 0.05) is 12.1 Å². The van der Waals surface area contributed by atoms with Gasteiger partial charge < -0.3 is 11.1 Å². The van der Waals surface area contributed by atoms with Crippen LogP contribution in [0.15, 0.2) is 53.9 Å². The van der Waals surface area contributed by atoms with Gasteiger partial charge in [-0.15, -0.1) is 0 Å². The molecule has 1 aromatic rings. The maximum absolute atomic E-state index is 13.1. The van der Waals surface area contributed by atoms with Crippen molar-refractivity contribution >= 4 is 5.91 Å². The van der Waals surface area contributed by atoms with Crippen LogP contribution in [0, 0.1) is 11.6 Å². The van der Waals surface area contributed by atoms with Crippen LogP contribution in [0.3, 0.4) is 0 Å². The Hall–Kier alpha value is -2.67. The van der Waals surface area contributed by atoms with Crippen LogP contribution in [0.2, 0.25) is 0 Å². The maximum atomic E-state index is 13.1. The van der Waals surface area contributed by atoms with Crippen molar-refractivity contribution in [3.8, 4) is 0 Å². The number of hydrogen-bond acceptors (Lipinski definition) is 4. The van der Waals surface area contributed by atoms with E-state index >= 15 is 0 Å². The summed E-state index contributed by atoms with van der Waals surface area (Å²) in [4.78, 5) is 16.7. The highest BCUT2D eigenvalue weighted by Crippen LogP contribution is 2.09. The summed E-state index contributed by atoms with van der Waals surface area (Å²) in [6, 6.07) is 3.01. The van der Waals surface area contributed by atoms with Crippen LogP contribution in [0.1, 0.15) is 23.7 Å². The van der Waals surface area contributed by atoms with Crippen molar-refractivity contribution in [3.63, 3.8) is 0 Å². The van der Waals surface area contributed by atoms with E-state index in [1.165, 1.54) is 19.3 Å². The number of carbonyl (C=O) groups is 1. The summed E-state index contributed by atoms with van der Waals surface area (Å²) in [6.07, 6.45) is 3.79. The molecule has 1 aromatic carbocycles. The predicted octanol–water partition coefficient (Wildman–Crippen LogP) is 2.54. The molecular formula is C17H21F2N3O2. The Kier molecular flexibility index (Phi) is 7.64. The number of allylic oxidation sites excluding steroid dienone is 2. The highest BCUT2D eigenvalue weighted by molar-refractivity contribution is 5.94. The molecule has 0 aliphatic heterocycles. The van der Waals surface area contributed by atoms with E-state index in [4.69, 9.17) is 10.6 Å². The summed E-state index contributed by atoms with van der Waals surface area (Å²) in [5, 5.41) is 2.64. The monoisotopic (exact) mass is 337 g/mol. The molecule has 130 valence electrons. The highest BCUT2D eigenvalue weighted by atomic mass is 19.2. The van der Waals surface area contributed by atoms with Crippen LogP contribution in [0.5, 0.6) is 0 Å². The lowest BCUT2D eigenvalue weighted by Crippen LogP contribution is -2.25. The van der Waals surface area contributed by atoms with Gasteiger partial charge in [-0.05, 0) is 43.7 Å². The average Bonchev–Trinajstić information content (AvgIpc) is 2.56. The van der Waals surface area contributed by atoms with E-state index < -0.39 is 17.5 Å². The zero-order chi connectivity index (χ0) is 18.1. The molecule has 4 N–H and O–H groups in total. The Balaban J connectivity index is 2.62. The normalized spacial score (nSPS) is 12.4. The molecule has 0 atom stereocenters. The maximum Gasteiger partial charge on any atom is 0.251 e. The molecule has 0 unspecified atom stereocenters. The molecule has 0 bridgehead atoms. The Bertz CT molecular complexity index is 670. The number of amides is 1. The highest BCUT2D eigenvalue weighted by Gasteiger charge is 2.09.